The third kappa shape index (κ3) is 3.91. The minimum atomic E-state index is -0.0795. The number of guanidine groups is 1. The molecule has 1 fully saturated rings. The number of esters is 1. The van der Waals surface area contributed by atoms with E-state index in [1.54, 1.807) is 7.05 Å². The van der Waals surface area contributed by atoms with Crippen molar-refractivity contribution in [2.45, 2.75) is 26.7 Å². The molecule has 98 valence electrons. The average molecular weight is 241 g/mol. The van der Waals surface area contributed by atoms with Gasteiger partial charge in [0.2, 0.25) is 0 Å². The van der Waals surface area contributed by atoms with E-state index in [2.05, 4.69) is 15.2 Å². The summed E-state index contributed by atoms with van der Waals surface area (Å²) < 4.78 is 5.08. The van der Waals surface area contributed by atoms with Crippen LogP contribution in [0, 0.1) is 5.92 Å². The van der Waals surface area contributed by atoms with Crippen LogP contribution in [0.5, 0.6) is 0 Å². The molecule has 0 amide bonds. The van der Waals surface area contributed by atoms with Crippen molar-refractivity contribution in [3.63, 3.8) is 0 Å². The number of piperidine rings is 1. The molecule has 1 aliphatic heterocycles. The summed E-state index contributed by atoms with van der Waals surface area (Å²) in [6, 6.07) is 0. The highest BCUT2D eigenvalue weighted by Crippen LogP contribution is 2.17. The van der Waals surface area contributed by atoms with Gasteiger partial charge >= 0.3 is 5.97 Å². The molecule has 1 unspecified atom stereocenters. The maximum absolute atomic E-state index is 11.7. The number of hydrogen-bond acceptors (Lipinski definition) is 3. The minimum absolute atomic E-state index is 0.0147. The summed E-state index contributed by atoms with van der Waals surface area (Å²) in [6.07, 6.45) is 1.92. The number of rotatable bonds is 3. The zero-order valence-electron chi connectivity index (χ0n) is 11.0. The largest absolute Gasteiger partial charge is 0.466 e. The minimum Gasteiger partial charge on any atom is -0.466 e. The Morgan fingerprint density at radius 2 is 2.29 bits per heavy atom. The highest BCUT2D eigenvalue weighted by Gasteiger charge is 2.28. The third-order valence-electron chi connectivity index (χ3n) is 2.89. The first-order valence-electron chi connectivity index (χ1n) is 6.35. The number of likely N-dealkylation sites (tertiary alicyclic amines) is 1. The van der Waals surface area contributed by atoms with E-state index in [0.29, 0.717) is 13.2 Å². The van der Waals surface area contributed by atoms with Crippen LogP contribution in [-0.2, 0) is 9.53 Å². The number of nitrogens with zero attached hydrogens (tertiary/aromatic N) is 2. The molecule has 1 rings (SSSR count). The molecule has 1 atom stereocenters. The molecule has 0 aromatic carbocycles. The highest BCUT2D eigenvalue weighted by molar-refractivity contribution is 5.81. The van der Waals surface area contributed by atoms with Crippen molar-refractivity contribution >= 4 is 11.9 Å². The molecule has 1 saturated heterocycles. The van der Waals surface area contributed by atoms with Crippen molar-refractivity contribution in [3.05, 3.63) is 0 Å². The molecule has 0 aliphatic carbocycles. The van der Waals surface area contributed by atoms with Gasteiger partial charge in [-0.05, 0) is 26.7 Å². The number of carbonyl (C=O) groups is 1. The Morgan fingerprint density at radius 3 is 2.88 bits per heavy atom. The normalized spacial score (nSPS) is 21.2. The zero-order valence-corrected chi connectivity index (χ0v) is 11.0. The van der Waals surface area contributed by atoms with Crippen molar-refractivity contribution < 1.29 is 9.53 Å². The van der Waals surface area contributed by atoms with E-state index < -0.39 is 0 Å². The molecular formula is C12H23N3O2. The Hall–Kier alpha value is -1.26. The summed E-state index contributed by atoms with van der Waals surface area (Å²) in [7, 11) is 1.77. The molecule has 0 radical (unpaired) electrons. The van der Waals surface area contributed by atoms with Crippen LogP contribution in [0.25, 0.3) is 0 Å². The van der Waals surface area contributed by atoms with Crippen LogP contribution in [0.4, 0.5) is 0 Å². The van der Waals surface area contributed by atoms with E-state index in [1.165, 1.54) is 0 Å². The summed E-state index contributed by atoms with van der Waals surface area (Å²) in [5.74, 6) is 0.782. The monoisotopic (exact) mass is 241 g/mol. The van der Waals surface area contributed by atoms with Crippen LogP contribution in [0.1, 0.15) is 26.7 Å². The van der Waals surface area contributed by atoms with Crippen molar-refractivity contribution in [3.8, 4) is 0 Å². The van der Waals surface area contributed by atoms with Crippen molar-refractivity contribution in [2.75, 3.05) is 33.3 Å². The lowest BCUT2D eigenvalue weighted by Crippen LogP contribution is -2.48. The number of nitrogens with one attached hydrogen (secondary N) is 1. The average Bonchev–Trinajstić information content (AvgIpc) is 2.36. The fourth-order valence-corrected chi connectivity index (χ4v) is 2.11. The summed E-state index contributed by atoms with van der Waals surface area (Å²) >= 11 is 0. The standard InChI is InChI=1S/C12H23N3O2/c1-4-14-12(13-3)15-8-6-7-10(9-15)11(16)17-5-2/h10H,4-9H2,1-3H3,(H,13,14). The molecule has 0 bridgehead atoms. The van der Waals surface area contributed by atoms with Crippen LogP contribution in [0.15, 0.2) is 4.99 Å². The van der Waals surface area contributed by atoms with Crippen molar-refractivity contribution in [1.82, 2.24) is 10.2 Å². The first-order chi connectivity index (χ1) is 8.22. The summed E-state index contributed by atoms with van der Waals surface area (Å²) in [5.41, 5.74) is 0. The third-order valence-corrected chi connectivity index (χ3v) is 2.89. The molecule has 17 heavy (non-hydrogen) atoms. The summed E-state index contributed by atoms with van der Waals surface area (Å²) in [6.45, 7) is 6.84. The van der Waals surface area contributed by atoms with Gasteiger partial charge in [0.25, 0.3) is 0 Å². The molecule has 1 N–H and O–H groups in total. The van der Waals surface area contributed by atoms with Gasteiger partial charge in [-0.2, -0.15) is 0 Å². The molecule has 0 aromatic heterocycles. The second-order valence-electron chi connectivity index (χ2n) is 4.11. The fourth-order valence-electron chi connectivity index (χ4n) is 2.11. The Kier molecular flexibility index (Phi) is 5.80. The quantitative estimate of drug-likeness (QED) is 0.452. The highest BCUT2D eigenvalue weighted by atomic mass is 16.5. The molecule has 0 spiro atoms. The molecule has 5 heteroatoms. The molecule has 5 nitrogen and oxygen atoms in total. The second kappa shape index (κ2) is 7.14. The number of hydrogen-bond donors (Lipinski definition) is 1. The number of ether oxygens (including phenoxy) is 1. The van der Waals surface area contributed by atoms with E-state index >= 15 is 0 Å². The van der Waals surface area contributed by atoms with E-state index in [1.807, 2.05) is 13.8 Å². The first-order valence-corrected chi connectivity index (χ1v) is 6.35. The van der Waals surface area contributed by atoms with Crippen LogP contribution in [0.3, 0.4) is 0 Å². The Morgan fingerprint density at radius 1 is 1.53 bits per heavy atom. The van der Waals surface area contributed by atoms with Gasteiger partial charge in [-0.3, -0.25) is 9.79 Å². The lowest BCUT2D eigenvalue weighted by molar-refractivity contribution is -0.149. The van der Waals surface area contributed by atoms with Gasteiger partial charge in [-0.15, -0.1) is 0 Å². The van der Waals surface area contributed by atoms with Crippen molar-refractivity contribution in [2.24, 2.45) is 10.9 Å². The SMILES string of the molecule is CCNC(=NC)N1CCCC(C(=O)OCC)C1. The lowest BCUT2D eigenvalue weighted by atomic mass is 9.98. The predicted octanol–water partition coefficient (Wildman–Crippen LogP) is 0.857. The molecule has 0 saturated carbocycles. The topological polar surface area (TPSA) is 53.9 Å². The zero-order chi connectivity index (χ0) is 12.7. The van der Waals surface area contributed by atoms with E-state index in [4.69, 9.17) is 4.74 Å². The predicted molar refractivity (Wildman–Crippen MR) is 68.0 cm³/mol. The summed E-state index contributed by atoms with van der Waals surface area (Å²) in [5, 5.41) is 3.22. The van der Waals surface area contributed by atoms with Gasteiger partial charge in [0.15, 0.2) is 5.96 Å². The van der Waals surface area contributed by atoms with Gasteiger partial charge in [0, 0.05) is 26.7 Å². The van der Waals surface area contributed by atoms with Gasteiger partial charge < -0.3 is 15.0 Å². The van der Waals surface area contributed by atoms with E-state index in [-0.39, 0.29) is 11.9 Å². The Bertz CT molecular complexity index is 279. The maximum Gasteiger partial charge on any atom is 0.310 e. The molecule has 1 heterocycles. The van der Waals surface area contributed by atoms with Crippen LogP contribution in [-0.4, -0.2) is 50.1 Å². The van der Waals surface area contributed by atoms with E-state index in [0.717, 1.165) is 31.9 Å². The molecular weight excluding hydrogens is 218 g/mol. The van der Waals surface area contributed by atoms with Gasteiger partial charge in [-0.25, -0.2) is 0 Å². The number of aliphatic imine (C=N–C) groups is 1. The van der Waals surface area contributed by atoms with Crippen LogP contribution >= 0.6 is 0 Å². The van der Waals surface area contributed by atoms with Gasteiger partial charge in [0.1, 0.15) is 0 Å². The van der Waals surface area contributed by atoms with Gasteiger partial charge in [0.05, 0.1) is 12.5 Å². The smallest absolute Gasteiger partial charge is 0.310 e. The van der Waals surface area contributed by atoms with Crippen LogP contribution in [0.2, 0.25) is 0 Å². The van der Waals surface area contributed by atoms with Gasteiger partial charge in [-0.1, -0.05) is 0 Å². The Labute approximate surface area is 103 Å². The second-order valence-corrected chi connectivity index (χ2v) is 4.11. The molecule has 0 aromatic rings. The van der Waals surface area contributed by atoms with Crippen molar-refractivity contribution in [1.29, 1.82) is 0 Å². The maximum atomic E-state index is 11.7. The summed E-state index contributed by atoms with van der Waals surface area (Å²) in [4.78, 5) is 18.1. The lowest BCUT2D eigenvalue weighted by Gasteiger charge is -2.33. The number of carbonyl (C=O) groups excluding carboxylic acids is 1. The fraction of sp³-hybridized carbons (Fsp3) is 0.833. The Balaban J connectivity index is 2.56. The van der Waals surface area contributed by atoms with E-state index in [9.17, 15) is 4.79 Å². The first kappa shape index (κ1) is 13.8. The van der Waals surface area contributed by atoms with Crippen LogP contribution < -0.4 is 5.32 Å². The molecule has 1 aliphatic rings.